The summed E-state index contributed by atoms with van der Waals surface area (Å²) in [6.07, 6.45) is -6.62. The van der Waals surface area contributed by atoms with E-state index in [0.29, 0.717) is 5.01 Å². The molecule has 1 heterocycles. The fourth-order valence-corrected chi connectivity index (χ4v) is 1.78. The lowest BCUT2D eigenvalue weighted by Gasteiger charge is -2.41. The highest BCUT2D eigenvalue weighted by molar-refractivity contribution is 5.93. The van der Waals surface area contributed by atoms with Crippen molar-refractivity contribution in [3.05, 3.63) is 0 Å². The summed E-state index contributed by atoms with van der Waals surface area (Å²) in [5.41, 5.74) is -5.25. The van der Waals surface area contributed by atoms with Gasteiger partial charge in [-0.3, -0.25) is 0 Å². The Morgan fingerprint density at radius 1 is 1.24 bits per heavy atom. The molecule has 1 atom stereocenters. The molecule has 1 aliphatic rings. The van der Waals surface area contributed by atoms with Gasteiger partial charge >= 0.3 is 12.3 Å². The number of carbonyl (C=O) groups is 1. The fraction of sp³-hybridized carbons (Fsp3) is 0.846. The molecule has 1 unspecified atom stereocenters. The van der Waals surface area contributed by atoms with Gasteiger partial charge in [-0.05, 0) is 20.8 Å². The minimum absolute atomic E-state index is 0.404. The fourth-order valence-electron chi connectivity index (χ4n) is 1.78. The molecule has 1 N–H and O–H groups in total. The van der Waals surface area contributed by atoms with E-state index in [1.165, 1.54) is 20.8 Å². The van der Waals surface area contributed by atoms with Crippen LogP contribution in [0.2, 0.25) is 0 Å². The molecule has 0 saturated heterocycles. The van der Waals surface area contributed by atoms with Gasteiger partial charge in [-0.2, -0.15) is 23.3 Å². The number of rotatable bonds is 0. The van der Waals surface area contributed by atoms with E-state index in [1.807, 2.05) is 0 Å². The molecule has 5 nitrogen and oxygen atoms in total. The van der Waals surface area contributed by atoms with Crippen molar-refractivity contribution < 1.29 is 27.8 Å². The molecule has 0 aliphatic carbocycles. The maximum Gasteiger partial charge on any atom is 0.433 e. The Bertz CT molecular complexity index is 461. The van der Waals surface area contributed by atoms with E-state index in [4.69, 9.17) is 4.74 Å². The van der Waals surface area contributed by atoms with Crippen LogP contribution in [0.25, 0.3) is 0 Å². The van der Waals surface area contributed by atoms with Crippen LogP contribution < -0.4 is 0 Å². The van der Waals surface area contributed by atoms with Gasteiger partial charge in [0.1, 0.15) is 11.3 Å². The maximum atomic E-state index is 12.8. The third-order valence-corrected chi connectivity index (χ3v) is 3.08. The van der Waals surface area contributed by atoms with Gasteiger partial charge in [0.2, 0.25) is 0 Å². The van der Waals surface area contributed by atoms with Crippen LogP contribution in [-0.4, -0.2) is 39.4 Å². The van der Waals surface area contributed by atoms with Crippen LogP contribution in [0.5, 0.6) is 0 Å². The molecule has 0 aromatic carbocycles. The Labute approximate surface area is 121 Å². The number of halogens is 3. The normalized spacial score (nSPS) is 24.1. The Morgan fingerprint density at radius 3 is 2.05 bits per heavy atom. The smallest absolute Gasteiger partial charge is 0.433 e. The van der Waals surface area contributed by atoms with Crippen LogP contribution in [0.1, 0.15) is 48.0 Å². The highest BCUT2D eigenvalue weighted by Crippen LogP contribution is 2.43. The van der Waals surface area contributed by atoms with Gasteiger partial charge in [0, 0.05) is 11.8 Å². The van der Waals surface area contributed by atoms with E-state index in [1.54, 1.807) is 20.8 Å². The predicted octanol–water partition coefficient (Wildman–Crippen LogP) is 3.28. The van der Waals surface area contributed by atoms with Crippen LogP contribution >= 0.6 is 0 Å². The average molecular weight is 310 g/mol. The topological polar surface area (TPSA) is 62.1 Å². The summed E-state index contributed by atoms with van der Waals surface area (Å²) in [5.74, 6) is 0. The van der Waals surface area contributed by atoms with Gasteiger partial charge in [-0.1, -0.05) is 20.8 Å². The van der Waals surface area contributed by atoms with E-state index in [2.05, 4.69) is 5.10 Å². The zero-order valence-corrected chi connectivity index (χ0v) is 13.0. The molecule has 0 aromatic rings. The molecular formula is C13H21F3N2O3. The van der Waals surface area contributed by atoms with Crippen LogP contribution in [0.4, 0.5) is 18.0 Å². The Kier molecular flexibility index (Phi) is 4.11. The SMILES string of the molecule is CC(C)(C)OC(=O)N1N=C(C(F)(F)F)CC1(O)C(C)(C)C. The van der Waals surface area contributed by atoms with Crippen molar-refractivity contribution in [3.63, 3.8) is 0 Å². The molecule has 0 bridgehead atoms. The first-order valence-corrected chi connectivity index (χ1v) is 6.48. The van der Waals surface area contributed by atoms with Gasteiger partial charge in [-0.15, -0.1) is 0 Å². The standard InChI is InChI=1S/C13H21F3N2O3/c1-10(2,3)12(20)7-8(13(14,15)16)17-18(12)9(19)21-11(4,5)6/h20H,7H2,1-6H3. The second-order valence-electron chi connectivity index (χ2n) is 7.08. The van der Waals surface area contributed by atoms with Crippen LogP contribution in [-0.2, 0) is 4.74 Å². The third kappa shape index (κ3) is 3.66. The van der Waals surface area contributed by atoms with E-state index >= 15 is 0 Å². The molecule has 0 saturated carbocycles. The number of hydrazone groups is 1. The molecule has 21 heavy (non-hydrogen) atoms. The van der Waals surface area contributed by atoms with Crippen LogP contribution in [0, 0.1) is 5.41 Å². The van der Waals surface area contributed by atoms with E-state index < -0.39 is 41.1 Å². The number of hydrogen-bond acceptors (Lipinski definition) is 4. The van der Waals surface area contributed by atoms with Crippen LogP contribution in [0.3, 0.4) is 0 Å². The largest absolute Gasteiger partial charge is 0.442 e. The third-order valence-electron chi connectivity index (χ3n) is 3.08. The Hall–Kier alpha value is -1.31. The summed E-state index contributed by atoms with van der Waals surface area (Å²) in [7, 11) is 0. The zero-order chi connectivity index (χ0) is 16.9. The molecule has 8 heteroatoms. The highest BCUT2D eigenvalue weighted by atomic mass is 19.4. The van der Waals surface area contributed by atoms with E-state index in [9.17, 15) is 23.1 Å². The second-order valence-corrected chi connectivity index (χ2v) is 7.08. The number of carbonyl (C=O) groups excluding carboxylic acids is 1. The number of alkyl halides is 3. The Balaban J connectivity index is 3.21. The molecule has 0 fully saturated rings. The second kappa shape index (κ2) is 4.86. The summed E-state index contributed by atoms with van der Waals surface area (Å²) < 4.78 is 43.6. The number of nitrogens with zero attached hydrogens (tertiary/aromatic N) is 2. The highest BCUT2D eigenvalue weighted by Gasteiger charge is 2.58. The molecule has 1 rings (SSSR count). The number of aliphatic hydroxyl groups is 1. The summed E-state index contributed by atoms with van der Waals surface area (Å²) >= 11 is 0. The maximum absolute atomic E-state index is 12.8. The van der Waals surface area contributed by atoms with Gasteiger partial charge in [0.25, 0.3) is 0 Å². The molecule has 1 aliphatic heterocycles. The average Bonchev–Trinajstić information content (AvgIpc) is 2.53. The molecule has 1 amide bonds. The minimum atomic E-state index is -4.71. The van der Waals surface area contributed by atoms with Crippen molar-refractivity contribution in [2.24, 2.45) is 10.5 Å². The first-order chi connectivity index (χ1) is 9.08. The molecule has 0 spiro atoms. The van der Waals surface area contributed by atoms with Crippen molar-refractivity contribution in [3.8, 4) is 0 Å². The van der Waals surface area contributed by atoms with E-state index in [0.717, 1.165) is 0 Å². The summed E-state index contributed by atoms with van der Waals surface area (Å²) in [6.45, 7) is 9.31. The Morgan fingerprint density at radius 2 is 1.71 bits per heavy atom. The zero-order valence-electron chi connectivity index (χ0n) is 13.0. The van der Waals surface area contributed by atoms with Crippen molar-refractivity contribution >= 4 is 11.8 Å². The van der Waals surface area contributed by atoms with Crippen molar-refractivity contribution in [1.82, 2.24) is 5.01 Å². The van der Waals surface area contributed by atoms with Gasteiger partial charge in [0.15, 0.2) is 5.72 Å². The van der Waals surface area contributed by atoms with Crippen molar-refractivity contribution in [1.29, 1.82) is 0 Å². The van der Waals surface area contributed by atoms with Crippen molar-refractivity contribution in [2.75, 3.05) is 0 Å². The molecule has 0 aromatic heterocycles. The first kappa shape index (κ1) is 17.7. The number of amides is 1. The molecule has 0 radical (unpaired) electrons. The minimum Gasteiger partial charge on any atom is -0.442 e. The summed E-state index contributed by atoms with van der Waals surface area (Å²) in [5, 5.41) is 14.3. The lowest BCUT2D eigenvalue weighted by Crippen LogP contribution is -2.56. The van der Waals surface area contributed by atoms with Gasteiger partial charge < -0.3 is 9.84 Å². The van der Waals surface area contributed by atoms with Gasteiger partial charge in [-0.25, -0.2) is 4.79 Å². The molecular weight excluding hydrogens is 289 g/mol. The summed E-state index contributed by atoms with van der Waals surface area (Å²) in [4.78, 5) is 12.1. The predicted molar refractivity (Wildman–Crippen MR) is 70.6 cm³/mol. The first-order valence-electron chi connectivity index (χ1n) is 6.48. The van der Waals surface area contributed by atoms with Gasteiger partial charge in [0.05, 0.1) is 0 Å². The number of ether oxygens (including phenoxy) is 1. The van der Waals surface area contributed by atoms with E-state index in [-0.39, 0.29) is 0 Å². The molecule has 122 valence electrons. The lowest BCUT2D eigenvalue weighted by atomic mass is 9.80. The quantitative estimate of drug-likeness (QED) is 0.747. The van der Waals surface area contributed by atoms with Crippen LogP contribution in [0.15, 0.2) is 5.10 Å². The monoisotopic (exact) mass is 310 g/mol. The summed E-state index contributed by atoms with van der Waals surface area (Å²) in [6, 6.07) is 0. The lowest BCUT2D eigenvalue weighted by molar-refractivity contribution is -0.156. The number of hydrogen-bond donors (Lipinski definition) is 1. The van der Waals surface area contributed by atoms with Crippen molar-refractivity contribution in [2.45, 2.75) is 65.5 Å².